The Hall–Kier alpha value is -2.75. The number of non-ortho nitro benzene ring substituents is 1. The number of rotatable bonds is 6. The van der Waals surface area contributed by atoms with Crippen molar-refractivity contribution < 1.29 is 28.7 Å². The highest BCUT2D eigenvalue weighted by molar-refractivity contribution is 7.91. The third kappa shape index (κ3) is 4.02. The van der Waals surface area contributed by atoms with Gasteiger partial charge >= 0.3 is 0 Å². The lowest BCUT2D eigenvalue weighted by molar-refractivity contribution is -0.384. The summed E-state index contributed by atoms with van der Waals surface area (Å²) in [7, 11) is -4.01. The van der Waals surface area contributed by atoms with Gasteiger partial charge in [-0.15, -0.1) is 0 Å². The first-order valence-corrected chi connectivity index (χ1v) is 8.53. The molecule has 0 fully saturated rings. The van der Waals surface area contributed by atoms with Crippen molar-refractivity contribution in [1.29, 1.82) is 0 Å². The van der Waals surface area contributed by atoms with Crippen LogP contribution < -0.4 is 0 Å². The van der Waals surface area contributed by atoms with Crippen LogP contribution in [-0.2, 0) is 9.84 Å². The largest absolute Gasteiger partial charge is 0.509 e. The van der Waals surface area contributed by atoms with Crippen molar-refractivity contribution in [3.8, 4) is 0 Å². The topological polar surface area (TPSA) is 138 Å². The van der Waals surface area contributed by atoms with Gasteiger partial charge in [-0.2, -0.15) is 0 Å². The summed E-state index contributed by atoms with van der Waals surface area (Å²) in [6.45, 7) is -0.723. The van der Waals surface area contributed by atoms with E-state index < -0.39 is 33.2 Å². The molecule has 2 rings (SSSR count). The minimum Gasteiger partial charge on any atom is -0.509 e. The summed E-state index contributed by atoms with van der Waals surface area (Å²) in [5, 5.41) is 38.6. The lowest BCUT2D eigenvalue weighted by Crippen LogP contribution is -2.15. The Morgan fingerprint density at radius 2 is 1.76 bits per heavy atom. The minimum absolute atomic E-state index is 0.103. The Morgan fingerprint density at radius 1 is 1.16 bits per heavy atom. The Kier molecular flexibility index (Phi) is 5.52. The number of nitrogens with zero attached hydrogens (tertiary/aromatic N) is 1. The second-order valence-corrected chi connectivity index (χ2v) is 6.98. The molecule has 2 aromatic carbocycles. The fraction of sp³-hybridized carbons (Fsp3) is 0.125. The molecule has 0 amide bonds. The van der Waals surface area contributed by atoms with Gasteiger partial charge in [-0.3, -0.25) is 10.1 Å². The number of nitro benzene ring substituents is 1. The smallest absolute Gasteiger partial charge is 0.269 e. The average Bonchev–Trinajstić information content (AvgIpc) is 2.61. The van der Waals surface area contributed by atoms with Crippen LogP contribution in [0.3, 0.4) is 0 Å². The van der Waals surface area contributed by atoms with Crippen molar-refractivity contribution in [2.45, 2.75) is 15.9 Å². The maximum absolute atomic E-state index is 12.8. The lowest BCUT2D eigenvalue weighted by atomic mass is 10.1. The molecule has 8 nitrogen and oxygen atoms in total. The molecular formula is C16H15NO7S. The van der Waals surface area contributed by atoms with E-state index in [1.807, 2.05) is 0 Å². The second kappa shape index (κ2) is 7.43. The molecular weight excluding hydrogens is 350 g/mol. The Balaban J connectivity index is 2.52. The minimum atomic E-state index is -4.01. The number of sulfone groups is 1. The summed E-state index contributed by atoms with van der Waals surface area (Å²) in [5.74, 6) is -0.589. The highest BCUT2D eigenvalue weighted by Crippen LogP contribution is 2.27. The predicted molar refractivity (Wildman–Crippen MR) is 88.7 cm³/mol. The molecule has 0 bridgehead atoms. The molecule has 3 N–H and O–H groups in total. The van der Waals surface area contributed by atoms with Crippen molar-refractivity contribution in [3.63, 3.8) is 0 Å². The molecule has 0 saturated carbocycles. The zero-order valence-corrected chi connectivity index (χ0v) is 13.6. The van der Waals surface area contributed by atoms with E-state index in [4.69, 9.17) is 5.11 Å². The van der Waals surface area contributed by atoms with Gasteiger partial charge in [0.15, 0.2) is 0 Å². The van der Waals surface area contributed by atoms with Crippen LogP contribution in [0.2, 0.25) is 0 Å². The van der Waals surface area contributed by atoms with Crippen LogP contribution in [0.15, 0.2) is 64.1 Å². The first-order chi connectivity index (χ1) is 11.8. The Bertz CT molecular complexity index is 904. The van der Waals surface area contributed by atoms with Gasteiger partial charge in [0.1, 0.15) is 11.9 Å². The van der Waals surface area contributed by atoms with Crippen molar-refractivity contribution in [3.05, 3.63) is 70.0 Å². The third-order valence-electron chi connectivity index (χ3n) is 3.38. The van der Waals surface area contributed by atoms with E-state index in [1.165, 1.54) is 18.2 Å². The van der Waals surface area contributed by atoms with Gasteiger partial charge in [-0.1, -0.05) is 18.2 Å². The van der Waals surface area contributed by atoms with E-state index in [0.717, 1.165) is 30.3 Å². The van der Waals surface area contributed by atoms with Gasteiger partial charge in [-0.25, -0.2) is 8.42 Å². The van der Waals surface area contributed by atoms with Crippen molar-refractivity contribution in [2.24, 2.45) is 0 Å². The van der Waals surface area contributed by atoms with Crippen LogP contribution in [0.25, 0.3) is 6.08 Å². The Labute approximate surface area is 143 Å². The molecule has 0 spiro atoms. The van der Waals surface area contributed by atoms with E-state index in [2.05, 4.69) is 0 Å². The van der Waals surface area contributed by atoms with Crippen molar-refractivity contribution >= 4 is 21.6 Å². The predicted octanol–water partition coefficient (Wildman–Crippen LogP) is 1.68. The van der Waals surface area contributed by atoms with Gasteiger partial charge in [0.25, 0.3) is 5.69 Å². The zero-order valence-electron chi connectivity index (χ0n) is 12.8. The van der Waals surface area contributed by atoms with Crippen LogP contribution in [0.1, 0.15) is 5.56 Å². The summed E-state index contributed by atoms with van der Waals surface area (Å²) in [5.41, 5.74) is -0.137. The normalized spacial score (nSPS) is 13.4. The van der Waals surface area contributed by atoms with E-state index in [1.54, 1.807) is 6.07 Å². The third-order valence-corrected chi connectivity index (χ3v) is 5.23. The Morgan fingerprint density at radius 3 is 2.32 bits per heavy atom. The number of aliphatic hydroxyl groups is 3. The molecule has 2 aromatic rings. The number of aliphatic hydroxyl groups excluding tert-OH is 3. The fourth-order valence-corrected chi connectivity index (χ4v) is 3.51. The van der Waals surface area contributed by atoms with E-state index in [0.29, 0.717) is 0 Å². The van der Waals surface area contributed by atoms with Crippen molar-refractivity contribution in [2.75, 3.05) is 6.61 Å². The van der Waals surface area contributed by atoms with Gasteiger partial charge in [0.05, 0.1) is 21.3 Å². The maximum Gasteiger partial charge on any atom is 0.269 e. The zero-order chi connectivity index (χ0) is 18.6. The molecule has 132 valence electrons. The number of hydrogen-bond donors (Lipinski definition) is 3. The van der Waals surface area contributed by atoms with Gasteiger partial charge in [0, 0.05) is 12.1 Å². The van der Waals surface area contributed by atoms with Crippen LogP contribution in [0.5, 0.6) is 0 Å². The molecule has 0 radical (unpaired) electrons. The summed E-state index contributed by atoms with van der Waals surface area (Å²) in [4.78, 5) is 9.73. The molecule has 0 heterocycles. The molecule has 0 aliphatic rings. The SMILES string of the molecule is O=[N+]([O-])c1ccc(S(=O)(=O)c2ccccc2C=C(O)C(O)CO)cc1. The van der Waals surface area contributed by atoms with Crippen LogP contribution in [0.4, 0.5) is 5.69 Å². The summed E-state index contributed by atoms with van der Waals surface area (Å²) < 4.78 is 25.5. The molecule has 25 heavy (non-hydrogen) atoms. The maximum atomic E-state index is 12.8. The summed E-state index contributed by atoms with van der Waals surface area (Å²) in [6.07, 6.45) is -0.491. The highest BCUT2D eigenvalue weighted by Gasteiger charge is 2.22. The highest BCUT2D eigenvalue weighted by atomic mass is 32.2. The molecule has 0 aromatic heterocycles. The van der Waals surface area contributed by atoms with E-state index in [-0.39, 0.29) is 21.0 Å². The average molecular weight is 365 g/mol. The molecule has 9 heteroatoms. The summed E-state index contributed by atoms with van der Waals surface area (Å²) >= 11 is 0. The van der Waals surface area contributed by atoms with Crippen molar-refractivity contribution in [1.82, 2.24) is 0 Å². The fourth-order valence-electron chi connectivity index (χ4n) is 2.07. The van der Waals surface area contributed by atoms with Crippen LogP contribution in [0, 0.1) is 10.1 Å². The molecule has 1 unspecified atom stereocenters. The second-order valence-electron chi connectivity index (χ2n) is 5.06. The van der Waals surface area contributed by atoms with E-state index in [9.17, 15) is 28.7 Å². The van der Waals surface area contributed by atoms with Gasteiger partial charge in [-0.05, 0) is 29.8 Å². The first-order valence-electron chi connectivity index (χ1n) is 7.05. The quantitative estimate of drug-likeness (QED) is 0.402. The standard InChI is InChI=1S/C16H15NO7S/c18-10-15(20)14(19)9-11-3-1-2-4-16(11)25(23,24)13-7-5-12(6-8-13)17(21)22/h1-9,15,18-20H,10H2. The number of nitro groups is 1. The monoisotopic (exact) mass is 365 g/mol. The summed E-state index contributed by atoms with van der Waals surface area (Å²) in [6, 6.07) is 10.2. The van der Waals surface area contributed by atoms with Crippen LogP contribution >= 0.6 is 0 Å². The lowest BCUT2D eigenvalue weighted by Gasteiger charge is -2.10. The number of hydrogen-bond acceptors (Lipinski definition) is 7. The van der Waals surface area contributed by atoms with Gasteiger partial charge in [0.2, 0.25) is 9.84 Å². The molecule has 0 aliphatic heterocycles. The molecule has 1 atom stereocenters. The molecule has 0 aliphatic carbocycles. The number of benzene rings is 2. The van der Waals surface area contributed by atoms with Crippen LogP contribution in [-0.4, -0.2) is 41.4 Å². The van der Waals surface area contributed by atoms with E-state index >= 15 is 0 Å². The molecule has 0 saturated heterocycles. The first kappa shape index (κ1) is 18.6. The van der Waals surface area contributed by atoms with Gasteiger partial charge < -0.3 is 15.3 Å².